The van der Waals surface area contributed by atoms with Gasteiger partial charge in [0.2, 0.25) is 5.91 Å². The van der Waals surface area contributed by atoms with Crippen molar-refractivity contribution >= 4 is 5.91 Å². The molecule has 5 nitrogen and oxygen atoms in total. The molecule has 0 radical (unpaired) electrons. The smallest absolute Gasteiger partial charge is 0.226 e. The monoisotopic (exact) mass is 305 g/mol. The number of ether oxygens (including phenoxy) is 1. The zero-order valence-corrected chi connectivity index (χ0v) is 13.5. The number of methoxy groups -OCH3 is 1. The summed E-state index contributed by atoms with van der Waals surface area (Å²) < 4.78 is 7.27. The van der Waals surface area contributed by atoms with Gasteiger partial charge >= 0.3 is 0 Å². The lowest BCUT2D eigenvalue weighted by Gasteiger charge is -2.29. The SMILES string of the molecule is COCCNC(=O)[C@@H]1CN(C2CCCC2)Cc2cccn2C1. The van der Waals surface area contributed by atoms with E-state index >= 15 is 0 Å². The van der Waals surface area contributed by atoms with Gasteiger partial charge in [0.25, 0.3) is 0 Å². The molecule has 1 aliphatic carbocycles. The molecule has 1 aromatic heterocycles. The Labute approximate surface area is 132 Å². The maximum absolute atomic E-state index is 12.5. The van der Waals surface area contributed by atoms with E-state index in [0.29, 0.717) is 19.2 Å². The van der Waals surface area contributed by atoms with E-state index in [1.54, 1.807) is 7.11 Å². The fourth-order valence-electron chi connectivity index (χ4n) is 3.76. The molecule has 0 aromatic carbocycles. The zero-order chi connectivity index (χ0) is 15.4. The topological polar surface area (TPSA) is 46.5 Å². The van der Waals surface area contributed by atoms with Crippen molar-refractivity contribution in [1.29, 1.82) is 0 Å². The van der Waals surface area contributed by atoms with Gasteiger partial charge < -0.3 is 14.6 Å². The molecule has 0 saturated heterocycles. The number of carbonyl (C=O) groups is 1. The van der Waals surface area contributed by atoms with Crippen molar-refractivity contribution in [3.05, 3.63) is 24.0 Å². The van der Waals surface area contributed by atoms with Crippen LogP contribution in [0, 0.1) is 5.92 Å². The predicted molar refractivity (Wildman–Crippen MR) is 85.5 cm³/mol. The second-order valence-electron chi connectivity index (χ2n) is 6.50. The first kappa shape index (κ1) is 15.6. The Bertz CT molecular complexity index is 494. The van der Waals surface area contributed by atoms with Gasteiger partial charge in [0, 0.05) is 51.2 Å². The predicted octanol–water partition coefficient (Wildman–Crippen LogP) is 1.63. The lowest BCUT2D eigenvalue weighted by atomic mass is 10.1. The van der Waals surface area contributed by atoms with E-state index in [1.807, 2.05) is 0 Å². The Morgan fingerprint density at radius 3 is 2.95 bits per heavy atom. The van der Waals surface area contributed by atoms with Gasteiger partial charge in [-0.25, -0.2) is 0 Å². The summed E-state index contributed by atoms with van der Waals surface area (Å²) in [5, 5.41) is 3.01. The quantitative estimate of drug-likeness (QED) is 0.841. The molecule has 1 aromatic rings. The van der Waals surface area contributed by atoms with E-state index in [-0.39, 0.29) is 11.8 Å². The van der Waals surface area contributed by atoms with E-state index in [1.165, 1.54) is 31.4 Å². The van der Waals surface area contributed by atoms with Crippen molar-refractivity contribution in [3.8, 4) is 0 Å². The highest BCUT2D eigenvalue weighted by Crippen LogP contribution is 2.28. The summed E-state index contributed by atoms with van der Waals surface area (Å²) >= 11 is 0. The molecule has 122 valence electrons. The molecule has 1 atom stereocenters. The highest BCUT2D eigenvalue weighted by Gasteiger charge is 2.31. The largest absolute Gasteiger partial charge is 0.383 e. The van der Waals surface area contributed by atoms with Gasteiger partial charge in [-0.1, -0.05) is 12.8 Å². The van der Waals surface area contributed by atoms with Crippen LogP contribution in [0.4, 0.5) is 0 Å². The van der Waals surface area contributed by atoms with E-state index < -0.39 is 0 Å². The molecule has 2 heterocycles. The van der Waals surface area contributed by atoms with Crippen LogP contribution in [0.15, 0.2) is 18.3 Å². The number of nitrogens with one attached hydrogen (secondary N) is 1. The number of amides is 1. The summed E-state index contributed by atoms with van der Waals surface area (Å²) in [6, 6.07) is 4.93. The Balaban J connectivity index is 1.70. The average Bonchev–Trinajstić information content (AvgIpc) is 3.16. The standard InChI is InChI=1S/C17H27N3O2/c1-22-10-8-18-17(21)14-11-19-9-4-7-16(19)13-20(12-14)15-5-2-3-6-15/h4,7,9,14-15H,2-3,5-6,8,10-13H2,1H3,(H,18,21)/t14-/m0/s1. The summed E-state index contributed by atoms with van der Waals surface area (Å²) in [5.74, 6) is 0.174. The minimum absolute atomic E-state index is 0.0195. The third kappa shape index (κ3) is 3.52. The van der Waals surface area contributed by atoms with Crippen molar-refractivity contribution in [2.75, 3.05) is 26.8 Å². The number of carbonyl (C=O) groups excluding carboxylic acids is 1. The van der Waals surface area contributed by atoms with Crippen molar-refractivity contribution in [2.45, 2.75) is 44.8 Å². The van der Waals surface area contributed by atoms with Crippen LogP contribution < -0.4 is 5.32 Å². The van der Waals surface area contributed by atoms with E-state index in [0.717, 1.165) is 19.6 Å². The van der Waals surface area contributed by atoms with Crippen LogP contribution >= 0.6 is 0 Å². The maximum atomic E-state index is 12.5. The van der Waals surface area contributed by atoms with Gasteiger partial charge in [-0.2, -0.15) is 0 Å². The van der Waals surface area contributed by atoms with Gasteiger partial charge in [-0.3, -0.25) is 9.69 Å². The third-order valence-electron chi connectivity index (χ3n) is 4.98. The minimum Gasteiger partial charge on any atom is -0.383 e. The molecule has 5 heteroatoms. The second kappa shape index (κ2) is 7.29. The summed E-state index contributed by atoms with van der Waals surface area (Å²) in [5.41, 5.74) is 1.33. The van der Waals surface area contributed by atoms with Gasteiger partial charge in [-0.05, 0) is 25.0 Å². The summed E-state index contributed by atoms with van der Waals surface area (Å²) in [6.45, 7) is 3.78. The lowest BCUT2D eigenvalue weighted by molar-refractivity contribution is -0.126. The third-order valence-corrected chi connectivity index (χ3v) is 4.98. The molecule has 0 bridgehead atoms. The highest BCUT2D eigenvalue weighted by atomic mass is 16.5. The van der Waals surface area contributed by atoms with Crippen LogP contribution in [0.1, 0.15) is 31.4 Å². The van der Waals surface area contributed by atoms with Crippen molar-refractivity contribution in [2.24, 2.45) is 5.92 Å². The fourth-order valence-corrected chi connectivity index (χ4v) is 3.76. The molecule has 1 fully saturated rings. The van der Waals surface area contributed by atoms with Gasteiger partial charge in [0.1, 0.15) is 0 Å². The van der Waals surface area contributed by atoms with Crippen molar-refractivity contribution < 1.29 is 9.53 Å². The second-order valence-corrected chi connectivity index (χ2v) is 6.50. The van der Waals surface area contributed by atoms with Crippen LogP contribution in [0.3, 0.4) is 0 Å². The zero-order valence-electron chi connectivity index (χ0n) is 13.5. The maximum Gasteiger partial charge on any atom is 0.226 e. The molecule has 0 unspecified atom stereocenters. The van der Waals surface area contributed by atoms with E-state index in [4.69, 9.17) is 4.74 Å². The Morgan fingerprint density at radius 2 is 2.18 bits per heavy atom. The number of aromatic nitrogens is 1. The summed E-state index contributed by atoms with van der Waals surface area (Å²) in [7, 11) is 1.66. The lowest BCUT2D eigenvalue weighted by Crippen LogP contribution is -2.42. The normalized spacial score (nSPS) is 23.2. The molecular weight excluding hydrogens is 278 g/mol. The Kier molecular flexibility index (Phi) is 5.16. The minimum atomic E-state index is 0.0195. The molecule has 2 aliphatic rings. The van der Waals surface area contributed by atoms with Crippen LogP contribution in [-0.4, -0.2) is 48.2 Å². The van der Waals surface area contributed by atoms with Gasteiger partial charge in [0.05, 0.1) is 12.5 Å². The number of hydrogen-bond acceptors (Lipinski definition) is 3. The summed E-state index contributed by atoms with van der Waals surface area (Å²) in [6.07, 6.45) is 7.31. The number of rotatable bonds is 5. The summed E-state index contributed by atoms with van der Waals surface area (Å²) in [4.78, 5) is 15.0. The molecule has 1 amide bonds. The number of nitrogens with zero attached hydrogens (tertiary/aromatic N) is 2. The van der Waals surface area contributed by atoms with Crippen molar-refractivity contribution in [3.63, 3.8) is 0 Å². The molecule has 22 heavy (non-hydrogen) atoms. The molecular formula is C17H27N3O2. The van der Waals surface area contributed by atoms with E-state index in [9.17, 15) is 4.79 Å². The molecule has 1 saturated carbocycles. The Hall–Kier alpha value is -1.33. The van der Waals surface area contributed by atoms with Crippen LogP contribution in [-0.2, 0) is 22.6 Å². The van der Waals surface area contributed by atoms with Crippen LogP contribution in [0.25, 0.3) is 0 Å². The first-order chi connectivity index (χ1) is 10.8. The number of hydrogen-bond donors (Lipinski definition) is 1. The van der Waals surface area contributed by atoms with Crippen LogP contribution in [0.5, 0.6) is 0 Å². The fraction of sp³-hybridized carbons (Fsp3) is 0.706. The van der Waals surface area contributed by atoms with Crippen LogP contribution in [0.2, 0.25) is 0 Å². The molecule has 3 rings (SSSR count). The van der Waals surface area contributed by atoms with E-state index in [2.05, 4.69) is 33.1 Å². The van der Waals surface area contributed by atoms with Gasteiger partial charge in [-0.15, -0.1) is 0 Å². The average molecular weight is 305 g/mol. The van der Waals surface area contributed by atoms with Gasteiger partial charge in [0.15, 0.2) is 0 Å². The Morgan fingerprint density at radius 1 is 1.36 bits per heavy atom. The number of fused-ring (bicyclic) bond motifs is 1. The molecule has 0 spiro atoms. The first-order valence-corrected chi connectivity index (χ1v) is 8.42. The molecule has 1 aliphatic heterocycles. The van der Waals surface area contributed by atoms with Crippen molar-refractivity contribution in [1.82, 2.24) is 14.8 Å². The first-order valence-electron chi connectivity index (χ1n) is 8.42. The highest BCUT2D eigenvalue weighted by molar-refractivity contribution is 5.78. The molecule has 1 N–H and O–H groups in total.